The number of hydrogen-bond acceptors (Lipinski definition) is 1. The van der Waals surface area contributed by atoms with Crippen LogP contribution in [0.5, 0.6) is 0 Å². The van der Waals surface area contributed by atoms with Crippen molar-refractivity contribution in [3.63, 3.8) is 0 Å². The smallest absolute Gasteiger partial charge is 0.314 e. The van der Waals surface area contributed by atoms with E-state index in [4.69, 9.17) is 0 Å². The van der Waals surface area contributed by atoms with E-state index in [0.29, 0.717) is 17.9 Å². The Hall–Kier alpha value is -1.03. The maximum absolute atomic E-state index is 12.6. The van der Waals surface area contributed by atoms with Crippen molar-refractivity contribution in [3.05, 3.63) is 35.4 Å². The molecule has 1 aromatic carbocycles. The predicted molar refractivity (Wildman–Crippen MR) is 79.1 cm³/mol. The molecule has 1 aliphatic rings. The van der Waals surface area contributed by atoms with E-state index >= 15 is 0 Å². The summed E-state index contributed by atoms with van der Waals surface area (Å²) in [7, 11) is 0. The van der Waals surface area contributed by atoms with Crippen molar-refractivity contribution in [1.82, 2.24) is 5.32 Å². The molecule has 0 amide bonds. The predicted octanol–water partition coefficient (Wildman–Crippen LogP) is 4.66. The summed E-state index contributed by atoms with van der Waals surface area (Å²) in [4.78, 5) is 0. The summed E-state index contributed by atoms with van der Waals surface area (Å²) >= 11 is 0. The molecular weight excluding hydrogens is 275 g/mol. The molecule has 2 rings (SSSR count). The van der Waals surface area contributed by atoms with Gasteiger partial charge in [-0.15, -0.1) is 0 Å². The van der Waals surface area contributed by atoms with Gasteiger partial charge >= 0.3 is 6.18 Å². The highest BCUT2D eigenvalue weighted by Crippen LogP contribution is 2.29. The summed E-state index contributed by atoms with van der Waals surface area (Å²) in [5, 5.41) is 3.54. The fourth-order valence-electron chi connectivity index (χ4n) is 2.69. The molecule has 1 fully saturated rings. The number of halogens is 3. The van der Waals surface area contributed by atoms with Crippen LogP contribution in [0.1, 0.15) is 44.2 Å². The van der Waals surface area contributed by atoms with Crippen LogP contribution in [0.4, 0.5) is 13.2 Å². The first-order valence-corrected chi connectivity index (χ1v) is 7.74. The third kappa shape index (κ3) is 5.70. The molecule has 0 saturated heterocycles. The zero-order chi connectivity index (χ0) is 15.5. The van der Waals surface area contributed by atoms with E-state index in [2.05, 4.69) is 19.2 Å². The van der Waals surface area contributed by atoms with E-state index in [0.717, 1.165) is 24.9 Å². The second-order valence-corrected chi connectivity index (χ2v) is 6.58. The fraction of sp³-hybridized carbons (Fsp3) is 0.647. The van der Waals surface area contributed by atoms with Crippen molar-refractivity contribution >= 4 is 0 Å². The zero-order valence-electron chi connectivity index (χ0n) is 12.7. The Balaban J connectivity index is 1.94. The molecule has 4 heteroatoms. The topological polar surface area (TPSA) is 12.0 Å². The molecule has 0 aliphatic heterocycles. The molecule has 21 heavy (non-hydrogen) atoms. The van der Waals surface area contributed by atoms with Gasteiger partial charge in [-0.1, -0.05) is 26.0 Å². The van der Waals surface area contributed by atoms with Crippen LogP contribution in [-0.4, -0.2) is 12.6 Å². The fourth-order valence-corrected chi connectivity index (χ4v) is 2.69. The van der Waals surface area contributed by atoms with Crippen LogP contribution < -0.4 is 5.32 Å². The summed E-state index contributed by atoms with van der Waals surface area (Å²) in [5.74, 6) is 1.09. The first-order valence-electron chi connectivity index (χ1n) is 7.74. The van der Waals surface area contributed by atoms with Gasteiger partial charge in [-0.25, -0.2) is 0 Å². The first-order chi connectivity index (χ1) is 9.84. The average Bonchev–Trinajstić information content (AvgIpc) is 3.19. The molecule has 1 unspecified atom stereocenters. The van der Waals surface area contributed by atoms with Gasteiger partial charge < -0.3 is 5.32 Å². The minimum Gasteiger partial charge on any atom is -0.314 e. The minimum atomic E-state index is -4.25. The van der Waals surface area contributed by atoms with Gasteiger partial charge in [0.05, 0.1) is 5.56 Å². The molecule has 0 spiro atoms. The highest BCUT2D eigenvalue weighted by molar-refractivity contribution is 5.25. The van der Waals surface area contributed by atoms with Crippen molar-refractivity contribution in [2.45, 2.75) is 51.7 Å². The van der Waals surface area contributed by atoms with Crippen LogP contribution in [0.2, 0.25) is 0 Å². The molecule has 0 radical (unpaired) electrons. The van der Waals surface area contributed by atoms with Crippen molar-refractivity contribution in [2.24, 2.45) is 11.8 Å². The molecular formula is C17H24F3N. The van der Waals surface area contributed by atoms with E-state index in [-0.39, 0.29) is 0 Å². The highest BCUT2D eigenvalue weighted by Gasteiger charge is 2.30. The van der Waals surface area contributed by atoms with Gasteiger partial charge in [0.15, 0.2) is 0 Å². The number of hydrogen-bond donors (Lipinski definition) is 1. The van der Waals surface area contributed by atoms with Gasteiger partial charge in [-0.05, 0) is 61.8 Å². The zero-order valence-corrected chi connectivity index (χ0v) is 12.7. The summed E-state index contributed by atoms with van der Waals surface area (Å²) < 4.78 is 37.7. The molecule has 1 atom stereocenters. The molecule has 1 saturated carbocycles. The summed E-state index contributed by atoms with van der Waals surface area (Å²) in [6.45, 7) is 5.34. The normalized spacial score (nSPS) is 17.2. The van der Waals surface area contributed by atoms with E-state index < -0.39 is 11.7 Å². The Morgan fingerprint density at radius 1 is 1.14 bits per heavy atom. The molecule has 1 nitrogen and oxygen atoms in total. The summed E-state index contributed by atoms with van der Waals surface area (Å²) in [5.41, 5.74) is 0.425. The summed E-state index contributed by atoms with van der Waals surface area (Å²) in [6.07, 6.45) is 0.212. The molecule has 0 aromatic heterocycles. The van der Waals surface area contributed by atoms with E-state index in [1.54, 1.807) is 12.1 Å². The van der Waals surface area contributed by atoms with Crippen LogP contribution >= 0.6 is 0 Å². The first kappa shape index (κ1) is 16.3. The van der Waals surface area contributed by atoms with Gasteiger partial charge in [0.2, 0.25) is 0 Å². The Bertz CT molecular complexity index is 432. The lowest BCUT2D eigenvalue weighted by molar-refractivity contribution is -0.137. The standard InChI is InChI=1S/C17H24F3N/c1-12(2)9-14(11-21-16-7-8-16)10-13-3-5-15(6-4-13)17(18,19)20/h3-6,12,14,16,21H,7-11H2,1-2H3. The van der Waals surface area contributed by atoms with Gasteiger partial charge in [0.1, 0.15) is 0 Å². The van der Waals surface area contributed by atoms with E-state index in [1.165, 1.54) is 25.0 Å². The van der Waals surface area contributed by atoms with Crippen LogP contribution in [0, 0.1) is 11.8 Å². The Kier molecular flexibility index (Phi) is 5.31. The van der Waals surface area contributed by atoms with Crippen LogP contribution in [-0.2, 0) is 12.6 Å². The molecule has 0 heterocycles. The molecule has 0 bridgehead atoms. The molecule has 118 valence electrons. The lowest BCUT2D eigenvalue weighted by atomic mass is 9.90. The van der Waals surface area contributed by atoms with Gasteiger partial charge in [-0.2, -0.15) is 13.2 Å². The quantitative estimate of drug-likeness (QED) is 0.772. The van der Waals surface area contributed by atoms with Crippen LogP contribution in [0.3, 0.4) is 0 Å². The monoisotopic (exact) mass is 299 g/mol. The van der Waals surface area contributed by atoms with Crippen molar-refractivity contribution in [3.8, 4) is 0 Å². The highest BCUT2D eigenvalue weighted by atomic mass is 19.4. The Morgan fingerprint density at radius 2 is 1.76 bits per heavy atom. The van der Waals surface area contributed by atoms with E-state index in [9.17, 15) is 13.2 Å². The van der Waals surface area contributed by atoms with Crippen molar-refractivity contribution in [1.29, 1.82) is 0 Å². The van der Waals surface area contributed by atoms with Gasteiger partial charge in [0.25, 0.3) is 0 Å². The van der Waals surface area contributed by atoms with Crippen LogP contribution in [0.25, 0.3) is 0 Å². The second kappa shape index (κ2) is 6.82. The summed E-state index contributed by atoms with van der Waals surface area (Å²) in [6, 6.07) is 6.29. The van der Waals surface area contributed by atoms with Crippen LogP contribution in [0.15, 0.2) is 24.3 Å². The molecule has 1 N–H and O–H groups in total. The number of nitrogens with one attached hydrogen (secondary N) is 1. The maximum Gasteiger partial charge on any atom is 0.416 e. The SMILES string of the molecule is CC(C)CC(CNC1CC1)Cc1ccc(C(F)(F)F)cc1. The van der Waals surface area contributed by atoms with Gasteiger partial charge in [-0.3, -0.25) is 0 Å². The largest absolute Gasteiger partial charge is 0.416 e. The van der Waals surface area contributed by atoms with Gasteiger partial charge in [0, 0.05) is 6.04 Å². The molecule has 1 aliphatic carbocycles. The number of rotatable bonds is 7. The van der Waals surface area contributed by atoms with Crippen molar-refractivity contribution in [2.75, 3.05) is 6.54 Å². The van der Waals surface area contributed by atoms with E-state index in [1.807, 2.05) is 0 Å². The minimum absolute atomic E-state index is 0.488. The Morgan fingerprint density at radius 3 is 2.24 bits per heavy atom. The number of alkyl halides is 3. The molecule has 1 aromatic rings. The third-order valence-corrected chi connectivity index (χ3v) is 3.88. The second-order valence-electron chi connectivity index (χ2n) is 6.58. The lowest BCUT2D eigenvalue weighted by Gasteiger charge is -2.20. The Labute approximate surface area is 124 Å². The maximum atomic E-state index is 12.6. The third-order valence-electron chi connectivity index (χ3n) is 3.88. The average molecular weight is 299 g/mol. The number of benzene rings is 1. The lowest BCUT2D eigenvalue weighted by Crippen LogP contribution is -2.27. The van der Waals surface area contributed by atoms with Crippen molar-refractivity contribution < 1.29 is 13.2 Å².